The number of likely N-dealkylation sites (tertiary alicyclic amines) is 1. The van der Waals surface area contributed by atoms with Crippen LogP contribution in [0, 0.1) is 5.41 Å². The number of ether oxygens (including phenoxy) is 1. The SMILES string of the molecule is CCC(=O)c1ccc(C(F)(F)F)n(CCN2CC3(CC(OC)C3)C2)c1=O. The molecule has 1 saturated carbocycles. The number of carbonyl (C=O) groups is 1. The van der Waals surface area contributed by atoms with E-state index in [1.54, 1.807) is 14.0 Å². The molecular weight excluding hydrogens is 349 g/mol. The Labute approximate surface area is 149 Å². The van der Waals surface area contributed by atoms with Crippen LogP contribution in [-0.2, 0) is 17.5 Å². The summed E-state index contributed by atoms with van der Waals surface area (Å²) in [6, 6.07) is 1.82. The van der Waals surface area contributed by atoms with Crippen molar-refractivity contribution in [3.05, 3.63) is 33.7 Å². The molecule has 3 rings (SSSR count). The maximum Gasteiger partial charge on any atom is 0.431 e. The van der Waals surface area contributed by atoms with Crippen LogP contribution in [0.5, 0.6) is 0 Å². The number of aromatic nitrogens is 1. The molecule has 2 heterocycles. The molecule has 8 heteroatoms. The summed E-state index contributed by atoms with van der Waals surface area (Å²) in [5.74, 6) is -0.444. The van der Waals surface area contributed by atoms with E-state index in [-0.39, 0.29) is 30.0 Å². The third kappa shape index (κ3) is 3.44. The first-order valence-electron chi connectivity index (χ1n) is 8.78. The van der Waals surface area contributed by atoms with Gasteiger partial charge in [0.15, 0.2) is 5.78 Å². The van der Waals surface area contributed by atoms with Gasteiger partial charge < -0.3 is 14.2 Å². The number of ketones is 1. The molecule has 2 aliphatic rings. The summed E-state index contributed by atoms with van der Waals surface area (Å²) >= 11 is 0. The first kappa shape index (κ1) is 19.1. The summed E-state index contributed by atoms with van der Waals surface area (Å²) in [6.45, 7) is 3.48. The number of alkyl halides is 3. The second kappa shape index (κ2) is 6.81. The molecule has 144 valence electrons. The van der Waals surface area contributed by atoms with Crippen molar-refractivity contribution in [2.75, 3.05) is 26.7 Å². The summed E-state index contributed by atoms with van der Waals surface area (Å²) in [4.78, 5) is 26.3. The number of nitrogens with zero attached hydrogens (tertiary/aromatic N) is 2. The Morgan fingerprint density at radius 2 is 1.92 bits per heavy atom. The van der Waals surface area contributed by atoms with Crippen LogP contribution in [0.15, 0.2) is 16.9 Å². The zero-order chi connectivity index (χ0) is 19.1. The van der Waals surface area contributed by atoms with Gasteiger partial charge in [-0.15, -0.1) is 0 Å². The van der Waals surface area contributed by atoms with E-state index in [4.69, 9.17) is 4.74 Å². The molecule has 1 spiro atoms. The van der Waals surface area contributed by atoms with Crippen LogP contribution in [0.4, 0.5) is 13.2 Å². The van der Waals surface area contributed by atoms with E-state index < -0.39 is 23.2 Å². The van der Waals surface area contributed by atoms with Crippen molar-refractivity contribution in [2.24, 2.45) is 5.41 Å². The Kier molecular flexibility index (Phi) is 5.00. The van der Waals surface area contributed by atoms with Gasteiger partial charge in [-0.05, 0) is 25.0 Å². The monoisotopic (exact) mass is 372 g/mol. The minimum Gasteiger partial charge on any atom is -0.381 e. The van der Waals surface area contributed by atoms with E-state index in [0.29, 0.717) is 11.1 Å². The minimum atomic E-state index is -4.64. The predicted molar refractivity (Wildman–Crippen MR) is 89.2 cm³/mol. The van der Waals surface area contributed by atoms with Crippen LogP contribution in [0.25, 0.3) is 0 Å². The van der Waals surface area contributed by atoms with Gasteiger partial charge in [-0.2, -0.15) is 13.2 Å². The van der Waals surface area contributed by atoms with Crippen LogP contribution in [-0.4, -0.2) is 48.1 Å². The lowest BCUT2D eigenvalue weighted by Gasteiger charge is -2.58. The van der Waals surface area contributed by atoms with Crippen LogP contribution in [0.1, 0.15) is 42.2 Å². The van der Waals surface area contributed by atoms with Crippen molar-refractivity contribution < 1.29 is 22.7 Å². The third-order valence-corrected chi connectivity index (χ3v) is 5.50. The minimum absolute atomic E-state index is 0.0793. The van der Waals surface area contributed by atoms with Crippen molar-refractivity contribution in [3.63, 3.8) is 0 Å². The molecule has 0 aromatic carbocycles. The van der Waals surface area contributed by atoms with Crippen molar-refractivity contribution in [1.82, 2.24) is 9.47 Å². The first-order valence-corrected chi connectivity index (χ1v) is 8.78. The van der Waals surface area contributed by atoms with E-state index >= 15 is 0 Å². The molecule has 26 heavy (non-hydrogen) atoms. The van der Waals surface area contributed by atoms with Crippen LogP contribution in [0.2, 0.25) is 0 Å². The molecule has 0 unspecified atom stereocenters. The molecule has 2 fully saturated rings. The number of methoxy groups -OCH3 is 1. The number of rotatable bonds is 6. The van der Waals surface area contributed by atoms with Crippen molar-refractivity contribution in [3.8, 4) is 0 Å². The Hall–Kier alpha value is -1.67. The molecule has 5 nitrogen and oxygen atoms in total. The molecule has 0 bridgehead atoms. The van der Waals surface area contributed by atoms with Crippen molar-refractivity contribution in [2.45, 2.75) is 45.0 Å². The number of Topliss-reactive ketones (excluding diaryl/α,β-unsaturated/α-hetero) is 1. The molecule has 0 N–H and O–H groups in total. The first-order chi connectivity index (χ1) is 12.2. The Morgan fingerprint density at radius 3 is 2.46 bits per heavy atom. The number of carbonyl (C=O) groups excluding carboxylic acids is 1. The summed E-state index contributed by atoms with van der Waals surface area (Å²) in [6.07, 6.45) is -2.31. The van der Waals surface area contributed by atoms with Gasteiger partial charge in [-0.1, -0.05) is 6.92 Å². The number of hydrogen-bond donors (Lipinski definition) is 0. The average molecular weight is 372 g/mol. The highest BCUT2D eigenvalue weighted by atomic mass is 19.4. The van der Waals surface area contributed by atoms with Crippen LogP contribution >= 0.6 is 0 Å². The molecule has 1 saturated heterocycles. The maximum absolute atomic E-state index is 13.3. The number of halogens is 3. The summed E-state index contributed by atoms with van der Waals surface area (Å²) in [5.41, 5.74) is -1.81. The van der Waals surface area contributed by atoms with E-state index in [9.17, 15) is 22.8 Å². The van der Waals surface area contributed by atoms with Gasteiger partial charge in [0.25, 0.3) is 5.56 Å². The third-order valence-electron chi connectivity index (χ3n) is 5.50. The Balaban J connectivity index is 1.72. The topological polar surface area (TPSA) is 51.5 Å². The molecule has 0 amide bonds. The van der Waals surface area contributed by atoms with Gasteiger partial charge in [0, 0.05) is 45.1 Å². The quantitative estimate of drug-likeness (QED) is 0.721. The lowest BCUT2D eigenvalue weighted by molar-refractivity contribution is -0.147. The van der Waals surface area contributed by atoms with E-state index in [1.165, 1.54) is 0 Å². The molecule has 0 radical (unpaired) electrons. The molecule has 1 aromatic heterocycles. The van der Waals surface area contributed by atoms with Gasteiger partial charge in [-0.25, -0.2) is 0 Å². The smallest absolute Gasteiger partial charge is 0.381 e. The Bertz CT molecular complexity index is 743. The highest BCUT2D eigenvalue weighted by Gasteiger charge is 2.52. The van der Waals surface area contributed by atoms with E-state index in [1.807, 2.05) is 4.90 Å². The predicted octanol–water partition coefficient (Wildman–Crippen LogP) is 2.57. The summed E-state index contributed by atoms with van der Waals surface area (Å²) < 4.78 is 45.8. The van der Waals surface area contributed by atoms with Crippen molar-refractivity contribution >= 4 is 5.78 Å². The second-order valence-corrected chi connectivity index (χ2v) is 7.34. The van der Waals surface area contributed by atoms with Gasteiger partial charge >= 0.3 is 6.18 Å². The highest BCUT2D eigenvalue weighted by Crippen LogP contribution is 2.49. The average Bonchev–Trinajstić information content (AvgIpc) is 2.51. The van der Waals surface area contributed by atoms with Gasteiger partial charge in [-0.3, -0.25) is 9.59 Å². The summed E-state index contributed by atoms with van der Waals surface area (Å²) in [5, 5.41) is 0. The largest absolute Gasteiger partial charge is 0.431 e. The summed E-state index contributed by atoms with van der Waals surface area (Å²) in [7, 11) is 1.68. The Morgan fingerprint density at radius 1 is 1.27 bits per heavy atom. The zero-order valence-electron chi connectivity index (χ0n) is 14.9. The second-order valence-electron chi connectivity index (χ2n) is 7.34. The molecule has 1 aliphatic heterocycles. The van der Waals surface area contributed by atoms with Crippen LogP contribution < -0.4 is 5.56 Å². The maximum atomic E-state index is 13.3. The fourth-order valence-electron chi connectivity index (χ4n) is 4.08. The molecule has 0 atom stereocenters. The van der Waals surface area contributed by atoms with E-state index in [0.717, 1.165) is 38.1 Å². The number of hydrogen-bond acceptors (Lipinski definition) is 4. The lowest BCUT2D eigenvalue weighted by Crippen LogP contribution is -2.64. The van der Waals surface area contributed by atoms with Gasteiger partial charge in [0.2, 0.25) is 0 Å². The van der Waals surface area contributed by atoms with Crippen molar-refractivity contribution in [1.29, 1.82) is 0 Å². The normalized spacial score (nSPS) is 20.0. The standard InChI is InChI=1S/C18H23F3N2O3/c1-3-14(24)13-4-5-15(18(19,20)21)23(16(13)25)7-6-22-10-17(11-22)8-12(9-17)26-2/h4-5,12H,3,6-11H2,1-2H3. The molecule has 1 aliphatic carbocycles. The zero-order valence-corrected chi connectivity index (χ0v) is 14.9. The fourth-order valence-corrected chi connectivity index (χ4v) is 4.08. The van der Waals surface area contributed by atoms with E-state index in [2.05, 4.69) is 0 Å². The molecular formula is C18H23F3N2O3. The number of pyridine rings is 1. The van der Waals surface area contributed by atoms with Gasteiger partial charge in [0.1, 0.15) is 5.69 Å². The fraction of sp³-hybridized carbons (Fsp3) is 0.667. The lowest BCUT2D eigenvalue weighted by atomic mass is 9.62. The van der Waals surface area contributed by atoms with Crippen LogP contribution in [0.3, 0.4) is 0 Å². The van der Waals surface area contributed by atoms with Gasteiger partial charge in [0.05, 0.1) is 11.7 Å². The highest BCUT2D eigenvalue weighted by molar-refractivity contribution is 5.95. The molecule has 1 aromatic rings.